The van der Waals surface area contributed by atoms with E-state index in [1.165, 1.54) is 0 Å². The second-order valence-electron chi connectivity index (χ2n) is 6.50. The average molecular weight is 281 g/mol. The van der Waals surface area contributed by atoms with Crippen molar-refractivity contribution in [3.8, 4) is 11.1 Å². The van der Waals surface area contributed by atoms with Crippen LogP contribution < -0.4 is 5.32 Å². The first-order valence-electron chi connectivity index (χ1n) is 7.11. The van der Waals surface area contributed by atoms with Crippen LogP contribution in [0.2, 0.25) is 0 Å². The highest BCUT2D eigenvalue weighted by molar-refractivity contribution is 5.95. The molecular weight excluding hydrogens is 262 g/mol. The van der Waals surface area contributed by atoms with Crippen LogP contribution in [-0.2, 0) is 4.79 Å². The van der Waals surface area contributed by atoms with E-state index in [-0.39, 0.29) is 5.91 Å². The molecule has 0 aromatic heterocycles. The molecular formula is C18H19NO2. The Morgan fingerprint density at radius 3 is 2.43 bits per heavy atom. The van der Waals surface area contributed by atoms with Crippen LogP contribution >= 0.6 is 0 Å². The molecule has 0 spiro atoms. The molecule has 0 fully saturated rings. The van der Waals surface area contributed by atoms with Crippen LogP contribution in [-0.4, -0.2) is 11.0 Å². The first-order chi connectivity index (χ1) is 9.88. The number of aliphatic hydroxyl groups excluding tert-OH is 1. The Morgan fingerprint density at radius 2 is 1.71 bits per heavy atom. The summed E-state index contributed by atoms with van der Waals surface area (Å²) in [7, 11) is 0. The monoisotopic (exact) mass is 281 g/mol. The van der Waals surface area contributed by atoms with Crippen molar-refractivity contribution in [3.05, 3.63) is 53.6 Å². The summed E-state index contributed by atoms with van der Waals surface area (Å²) in [5, 5.41) is 13.3. The molecule has 1 atom stereocenters. The standard InChI is InChI=1S/C18H19NO2/c1-18(2,3)17(21)19-11-8-9-13-12-6-4-5-7-14(12)16(20)15(13)10-11/h4-10,16,20H,1-3H3,(H,19,21). The number of aliphatic hydroxyl groups is 1. The van der Waals surface area contributed by atoms with Crippen LogP contribution in [0.1, 0.15) is 38.0 Å². The SMILES string of the molecule is CC(C)(C)C(=O)Nc1ccc2c(c1)C(O)c1ccccc1-2. The number of fused-ring (bicyclic) bond motifs is 3. The van der Waals surface area contributed by atoms with Gasteiger partial charge in [-0.05, 0) is 34.4 Å². The molecule has 0 bridgehead atoms. The third-order valence-corrected chi connectivity index (χ3v) is 3.83. The van der Waals surface area contributed by atoms with Gasteiger partial charge in [0.05, 0.1) is 0 Å². The van der Waals surface area contributed by atoms with Gasteiger partial charge in [-0.25, -0.2) is 0 Å². The van der Waals surface area contributed by atoms with Crippen LogP contribution in [0.5, 0.6) is 0 Å². The first-order valence-corrected chi connectivity index (χ1v) is 7.11. The van der Waals surface area contributed by atoms with Gasteiger partial charge in [0.2, 0.25) is 5.91 Å². The van der Waals surface area contributed by atoms with Gasteiger partial charge in [0, 0.05) is 11.1 Å². The number of carbonyl (C=O) groups excluding carboxylic acids is 1. The third kappa shape index (κ3) is 2.34. The predicted octanol–water partition coefficient (Wildman–Crippen LogP) is 3.73. The fourth-order valence-electron chi connectivity index (χ4n) is 2.58. The lowest BCUT2D eigenvalue weighted by Crippen LogP contribution is -2.27. The minimum atomic E-state index is -0.623. The maximum absolute atomic E-state index is 12.1. The molecule has 0 saturated heterocycles. The highest BCUT2D eigenvalue weighted by Gasteiger charge is 2.27. The number of nitrogens with one attached hydrogen (secondary N) is 1. The van der Waals surface area contributed by atoms with E-state index in [0.29, 0.717) is 0 Å². The molecule has 3 heteroatoms. The topological polar surface area (TPSA) is 49.3 Å². The maximum atomic E-state index is 12.1. The molecule has 1 unspecified atom stereocenters. The zero-order chi connectivity index (χ0) is 15.2. The van der Waals surface area contributed by atoms with Gasteiger partial charge < -0.3 is 10.4 Å². The number of carbonyl (C=O) groups is 1. The quantitative estimate of drug-likeness (QED) is 0.836. The Kier molecular flexibility index (Phi) is 3.10. The fraction of sp³-hybridized carbons (Fsp3) is 0.278. The molecule has 0 aliphatic heterocycles. The van der Waals surface area contributed by atoms with Crippen molar-refractivity contribution < 1.29 is 9.90 Å². The van der Waals surface area contributed by atoms with Crippen LogP contribution in [0, 0.1) is 5.41 Å². The van der Waals surface area contributed by atoms with Crippen LogP contribution in [0.25, 0.3) is 11.1 Å². The molecule has 0 saturated carbocycles. The van der Waals surface area contributed by atoms with E-state index in [1.54, 1.807) is 0 Å². The van der Waals surface area contributed by atoms with E-state index < -0.39 is 11.5 Å². The number of anilines is 1. The fourth-order valence-corrected chi connectivity index (χ4v) is 2.58. The van der Waals surface area contributed by atoms with E-state index in [9.17, 15) is 9.90 Å². The predicted molar refractivity (Wildman–Crippen MR) is 84.0 cm³/mol. The maximum Gasteiger partial charge on any atom is 0.229 e. The lowest BCUT2D eigenvalue weighted by molar-refractivity contribution is -0.123. The lowest BCUT2D eigenvalue weighted by atomic mass is 9.95. The molecule has 108 valence electrons. The Balaban J connectivity index is 1.96. The number of hydrogen-bond donors (Lipinski definition) is 2. The molecule has 1 amide bonds. The minimum absolute atomic E-state index is 0.0348. The van der Waals surface area contributed by atoms with Crippen molar-refractivity contribution in [3.63, 3.8) is 0 Å². The molecule has 2 N–H and O–H groups in total. The number of benzene rings is 2. The second kappa shape index (κ2) is 4.71. The van der Waals surface area contributed by atoms with Crippen molar-refractivity contribution in [2.45, 2.75) is 26.9 Å². The van der Waals surface area contributed by atoms with E-state index in [1.807, 2.05) is 63.2 Å². The summed E-state index contributed by atoms with van der Waals surface area (Å²) in [5.41, 5.74) is 4.15. The summed E-state index contributed by atoms with van der Waals surface area (Å²) in [6.45, 7) is 5.63. The summed E-state index contributed by atoms with van der Waals surface area (Å²) < 4.78 is 0. The summed E-state index contributed by atoms with van der Waals surface area (Å²) in [6.07, 6.45) is -0.623. The second-order valence-corrected chi connectivity index (χ2v) is 6.50. The molecule has 1 aliphatic rings. The zero-order valence-corrected chi connectivity index (χ0v) is 12.5. The Hall–Kier alpha value is -2.13. The van der Waals surface area contributed by atoms with Gasteiger partial charge in [-0.2, -0.15) is 0 Å². The Labute approximate surface area is 124 Å². The van der Waals surface area contributed by atoms with Crippen molar-refractivity contribution in [1.82, 2.24) is 0 Å². The van der Waals surface area contributed by atoms with Crippen LogP contribution in [0.15, 0.2) is 42.5 Å². The van der Waals surface area contributed by atoms with Gasteiger partial charge >= 0.3 is 0 Å². The van der Waals surface area contributed by atoms with Gasteiger partial charge in [0.25, 0.3) is 0 Å². The smallest absolute Gasteiger partial charge is 0.229 e. The Bertz CT molecular complexity index is 713. The molecule has 21 heavy (non-hydrogen) atoms. The Morgan fingerprint density at radius 1 is 1.05 bits per heavy atom. The van der Waals surface area contributed by atoms with Crippen molar-refractivity contribution >= 4 is 11.6 Å². The molecule has 0 heterocycles. The largest absolute Gasteiger partial charge is 0.384 e. The van der Waals surface area contributed by atoms with Gasteiger partial charge in [-0.15, -0.1) is 0 Å². The van der Waals surface area contributed by atoms with Crippen molar-refractivity contribution in [1.29, 1.82) is 0 Å². The summed E-state index contributed by atoms with van der Waals surface area (Å²) in [5.74, 6) is -0.0348. The number of amides is 1. The highest BCUT2D eigenvalue weighted by atomic mass is 16.3. The molecule has 2 aromatic rings. The molecule has 1 aliphatic carbocycles. The molecule has 3 nitrogen and oxygen atoms in total. The molecule has 0 radical (unpaired) electrons. The molecule has 3 rings (SSSR count). The summed E-state index contributed by atoms with van der Waals surface area (Å²) in [4.78, 5) is 12.1. The zero-order valence-electron chi connectivity index (χ0n) is 12.5. The van der Waals surface area contributed by atoms with E-state index in [4.69, 9.17) is 0 Å². The van der Waals surface area contributed by atoms with E-state index in [2.05, 4.69) is 5.32 Å². The molecule has 2 aromatic carbocycles. The van der Waals surface area contributed by atoms with Crippen LogP contribution in [0.4, 0.5) is 5.69 Å². The number of hydrogen-bond acceptors (Lipinski definition) is 2. The van der Waals surface area contributed by atoms with Gasteiger partial charge in [-0.1, -0.05) is 51.1 Å². The summed E-state index contributed by atoms with van der Waals surface area (Å²) in [6, 6.07) is 13.6. The van der Waals surface area contributed by atoms with E-state index >= 15 is 0 Å². The third-order valence-electron chi connectivity index (χ3n) is 3.83. The van der Waals surface area contributed by atoms with Gasteiger partial charge in [0.15, 0.2) is 0 Å². The van der Waals surface area contributed by atoms with Crippen molar-refractivity contribution in [2.75, 3.05) is 5.32 Å². The van der Waals surface area contributed by atoms with Crippen LogP contribution in [0.3, 0.4) is 0 Å². The normalized spacial score (nSPS) is 16.3. The lowest BCUT2D eigenvalue weighted by Gasteiger charge is -2.18. The van der Waals surface area contributed by atoms with E-state index in [0.717, 1.165) is 27.9 Å². The van der Waals surface area contributed by atoms with Crippen molar-refractivity contribution in [2.24, 2.45) is 5.41 Å². The first kappa shape index (κ1) is 13.8. The summed E-state index contributed by atoms with van der Waals surface area (Å²) >= 11 is 0. The number of rotatable bonds is 1. The average Bonchev–Trinajstić information content (AvgIpc) is 2.72. The highest BCUT2D eigenvalue weighted by Crippen LogP contribution is 2.44. The van der Waals surface area contributed by atoms with Gasteiger partial charge in [0.1, 0.15) is 6.10 Å². The minimum Gasteiger partial charge on any atom is -0.384 e. The van der Waals surface area contributed by atoms with Gasteiger partial charge in [-0.3, -0.25) is 4.79 Å².